The fourth-order valence-electron chi connectivity index (χ4n) is 4.94. The number of methoxy groups -OCH3 is 1. The number of rotatable bonds is 10. The molecule has 184 valence electrons. The van der Waals surface area contributed by atoms with Crippen molar-refractivity contribution in [3.63, 3.8) is 0 Å². The van der Waals surface area contributed by atoms with Gasteiger partial charge in [0.2, 0.25) is 0 Å². The molecule has 1 fully saturated rings. The van der Waals surface area contributed by atoms with Crippen molar-refractivity contribution in [3.8, 4) is 0 Å². The molecule has 1 aromatic carbocycles. The van der Waals surface area contributed by atoms with E-state index in [1.54, 1.807) is 0 Å². The number of para-hydroxylation sites is 1. The molecule has 2 N–H and O–H groups in total. The number of fused-ring (bicyclic) bond motifs is 2. The summed E-state index contributed by atoms with van der Waals surface area (Å²) in [6, 6.07) is 11.6. The van der Waals surface area contributed by atoms with Gasteiger partial charge in [-0.3, -0.25) is 0 Å². The highest BCUT2D eigenvalue weighted by Gasteiger charge is 2.30. The smallest absolute Gasteiger partial charge is 0.328 e. The van der Waals surface area contributed by atoms with E-state index in [2.05, 4.69) is 32.7 Å². The second kappa shape index (κ2) is 11.0. The number of aryl methyl sites for hydroxylation is 2. The number of anilines is 2. The average molecular weight is 476 g/mol. The van der Waals surface area contributed by atoms with Gasteiger partial charge in [-0.25, -0.2) is 19.7 Å². The van der Waals surface area contributed by atoms with Crippen LogP contribution in [-0.2, 0) is 27.1 Å². The van der Waals surface area contributed by atoms with Gasteiger partial charge in [0.05, 0.1) is 18.7 Å². The number of benzene rings is 1. The third kappa shape index (κ3) is 5.70. The van der Waals surface area contributed by atoms with Gasteiger partial charge in [-0.15, -0.1) is 0 Å². The van der Waals surface area contributed by atoms with Crippen molar-refractivity contribution in [1.29, 1.82) is 0 Å². The van der Waals surface area contributed by atoms with Crippen LogP contribution in [0.15, 0.2) is 42.7 Å². The molecule has 5 rings (SSSR count). The molecule has 35 heavy (non-hydrogen) atoms. The normalized spacial score (nSPS) is 19.8. The highest BCUT2D eigenvalue weighted by atomic mass is 16.5. The molecule has 0 radical (unpaired) electrons. The van der Waals surface area contributed by atoms with Gasteiger partial charge in [-0.1, -0.05) is 18.2 Å². The van der Waals surface area contributed by atoms with E-state index in [-0.39, 0.29) is 12.1 Å². The van der Waals surface area contributed by atoms with E-state index in [1.807, 2.05) is 24.3 Å². The average Bonchev–Trinajstić information content (AvgIpc) is 2.88. The van der Waals surface area contributed by atoms with Crippen LogP contribution in [0.25, 0.3) is 10.9 Å². The minimum Gasteiger partial charge on any atom is -0.467 e. The van der Waals surface area contributed by atoms with Crippen molar-refractivity contribution in [3.05, 3.63) is 54.0 Å². The Labute approximate surface area is 205 Å². The van der Waals surface area contributed by atoms with Crippen molar-refractivity contribution in [1.82, 2.24) is 15.0 Å². The molecule has 0 bridgehead atoms. The van der Waals surface area contributed by atoms with Crippen LogP contribution in [0, 0.1) is 5.92 Å². The number of esters is 1. The number of hydrogen-bond acceptors (Lipinski definition) is 8. The van der Waals surface area contributed by atoms with Gasteiger partial charge in [0, 0.05) is 30.7 Å². The molecule has 1 atom stereocenters. The minimum absolute atomic E-state index is 0.260. The van der Waals surface area contributed by atoms with Gasteiger partial charge in [0.25, 0.3) is 0 Å². The highest BCUT2D eigenvalue weighted by molar-refractivity contribution is 5.90. The van der Waals surface area contributed by atoms with Gasteiger partial charge in [-0.2, -0.15) is 0 Å². The van der Waals surface area contributed by atoms with Crippen LogP contribution in [0.2, 0.25) is 0 Å². The Kier molecular flexibility index (Phi) is 7.37. The quantitative estimate of drug-likeness (QED) is 0.422. The van der Waals surface area contributed by atoms with Gasteiger partial charge in [0.15, 0.2) is 0 Å². The van der Waals surface area contributed by atoms with Crippen molar-refractivity contribution in [2.24, 2.45) is 5.92 Å². The molecular formula is C27H33N5O3. The SMILES string of the molecule is COC(=O)C(CCOC1CC(CCc2ccc3c(n2)NCCC3)C1)Nc1ncnc2ccccc12. The summed E-state index contributed by atoms with van der Waals surface area (Å²) < 4.78 is 11.1. The first-order chi connectivity index (χ1) is 17.2. The first kappa shape index (κ1) is 23.5. The second-order valence-electron chi connectivity index (χ2n) is 9.46. The fourth-order valence-corrected chi connectivity index (χ4v) is 4.94. The van der Waals surface area contributed by atoms with E-state index in [4.69, 9.17) is 14.5 Å². The molecule has 3 heterocycles. The number of aromatic nitrogens is 3. The van der Waals surface area contributed by atoms with Crippen LogP contribution in [-0.4, -0.2) is 53.3 Å². The lowest BCUT2D eigenvalue weighted by Crippen LogP contribution is -2.35. The molecule has 2 aromatic heterocycles. The molecule has 3 aromatic rings. The number of nitrogens with zero attached hydrogens (tertiary/aromatic N) is 3. The summed E-state index contributed by atoms with van der Waals surface area (Å²) in [6.07, 6.45) is 8.86. The molecule has 8 heteroatoms. The standard InChI is InChI=1S/C27H33N5O3/c1-34-27(33)24(32-26-22-6-2-3-7-23(22)29-17-30-26)12-14-35-21-15-18(16-21)8-10-20-11-9-19-5-4-13-28-25(19)31-20/h2-3,6-7,9,11,17-18,21,24H,4-5,8,10,12-16H2,1H3,(H,28,31)(H,29,30,32). The predicted octanol–water partition coefficient (Wildman–Crippen LogP) is 4.15. The van der Waals surface area contributed by atoms with E-state index >= 15 is 0 Å². The Morgan fingerprint density at radius 1 is 1.20 bits per heavy atom. The summed E-state index contributed by atoms with van der Waals surface area (Å²) in [5.74, 6) is 2.05. The minimum atomic E-state index is -0.530. The first-order valence-corrected chi connectivity index (χ1v) is 12.6. The van der Waals surface area contributed by atoms with Crippen molar-refractivity contribution in [2.45, 2.75) is 57.1 Å². The van der Waals surface area contributed by atoms with Crippen LogP contribution in [0.1, 0.15) is 43.4 Å². The molecule has 0 amide bonds. The zero-order valence-electron chi connectivity index (χ0n) is 20.2. The Hall–Kier alpha value is -3.26. The number of pyridine rings is 1. The number of carbonyl (C=O) groups is 1. The van der Waals surface area contributed by atoms with Gasteiger partial charge >= 0.3 is 5.97 Å². The third-order valence-electron chi connectivity index (χ3n) is 7.05. The van der Waals surface area contributed by atoms with Crippen molar-refractivity contribution >= 4 is 28.5 Å². The Morgan fingerprint density at radius 2 is 2.09 bits per heavy atom. The lowest BCUT2D eigenvalue weighted by Gasteiger charge is -2.35. The molecule has 1 aliphatic carbocycles. The number of hydrogen-bond donors (Lipinski definition) is 2. The zero-order chi connectivity index (χ0) is 24.0. The number of nitrogens with one attached hydrogen (secondary N) is 2. The lowest BCUT2D eigenvalue weighted by molar-refractivity contribution is -0.142. The van der Waals surface area contributed by atoms with Crippen LogP contribution >= 0.6 is 0 Å². The summed E-state index contributed by atoms with van der Waals surface area (Å²) in [4.78, 5) is 25.8. The number of ether oxygens (including phenoxy) is 2. The van der Waals surface area contributed by atoms with E-state index in [0.717, 1.165) is 55.4 Å². The largest absolute Gasteiger partial charge is 0.467 e. The van der Waals surface area contributed by atoms with E-state index < -0.39 is 6.04 Å². The molecule has 1 unspecified atom stereocenters. The maximum atomic E-state index is 12.4. The summed E-state index contributed by atoms with van der Waals surface area (Å²) in [7, 11) is 1.40. The summed E-state index contributed by atoms with van der Waals surface area (Å²) >= 11 is 0. The van der Waals surface area contributed by atoms with Crippen LogP contribution < -0.4 is 10.6 Å². The van der Waals surface area contributed by atoms with E-state index in [1.165, 1.54) is 31.1 Å². The Bertz CT molecular complexity index is 1160. The Balaban J connectivity index is 1.06. The molecular weight excluding hydrogens is 442 g/mol. The predicted molar refractivity (Wildman–Crippen MR) is 135 cm³/mol. The maximum absolute atomic E-state index is 12.4. The molecule has 8 nitrogen and oxygen atoms in total. The monoisotopic (exact) mass is 475 g/mol. The Morgan fingerprint density at radius 3 is 2.97 bits per heavy atom. The topological polar surface area (TPSA) is 98.3 Å². The van der Waals surface area contributed by atoms with Crippen LogP contribution in [0.4, 0.5) is 11.6 Å². The summed E-state index contributed by atoms with van der Waals surface area (Å²) in [5, 5.41) is 7.52. The van der Waals surface area contributed by atoms with Gasteiger partial charge < -0.3 is 20.1 Å². The maximum Gasteiger partial charge on any atom is 0.328 e. The van der Waals surface area contributed by atoms with Crippen molar-refractivity contribution < 1.29 is 14.3 Å². The molecule has 0 spiro atoms. The van der Waals surface area contributed by atoms with E-state index in [9.17, 15) is 4.79 Å². The number of carbonyl (C=O) groups excluding carboxylic acids is 1. The summed E-state index contributed by atoms with van der Waals surface area (Å²) in [5.41, 5.74) is 3.34. The van der Waals surface area contributed by atoms with E-state index in [0.29, 0.717) is 24.8 Å². The summed E-state index contributed by atoms with van der Waals surface area (Å²) in [6.45, 7) is 1.51. The molecule has 1 aliphatic heterocycles. The van der Waals surface area contributed by atoms with Crippen LogP contribution in [0.3, 0.4) is 0 Å². The fraction of sp³-hybridized carbons (Fsp3) is 0.481. The first-order valence-electron chi connectivity index (χ1n) is 12.6. The lowest BCUT2D eigenvalue weighted by atomic mass is 9.79. The van der Waals surface area contributed by atoms with Gasteiger partial charge in [0.1, 0.15) is 24.0 Å². The third-order valence-corrected chi connectivity index (χ3v) is 7.05. The highest BCUT2D eigenvalue weighted by Crippen LogP contribution is 2.34. The molecule has 2 aliphatic rings. The molecule has 0 saturated heterocycles. The van der Waals surface area contributed by atoms with Gasteiger partial charge in [-0.05, 0) is 68.2 Å². The zero-order valence-corrected chi connectivity index (χ0v) is 20.2. The molecule has 1 saturated carbocycles. The van der Waals surface area contributed by atoms with Crippen molar-refractivity contribution in [2.75, 3.05) is 30.9 Å². The van der Waals surface area contributed by atoms with Crippen LogP contribution in [0.5, 0.6) is 0 Å². The second-order valence-corrected chi connectivity index (χ2v) is 9.46.